The SMILES string of the molecule is COc1ccc(N2CCN(c3nc(-c4ccncc4)cc(=O)[nH]3)CC2)c2nc[nH]c12. The van der Waals surface area contributed by atoms with Crippen molar-refractivity contribution in [2.45, 2.75) is 0 Å². The number of hydrogen-bond acceptors (Lipinski definition) is 7. The van der Waals surface area contributed by atoms with Gasteiger partial charge in [0.25, 0.3) is 5.56 Å². The number of aromatic amines is 2. The molecule has 3 aromatic heterocycles. The molecule has 1 aliphatic heterocycles. The summed E-state index contributed by atoms with van der Waals surface area (Å²) in [6.07, 6.45) is 5.08. The second-order valence-electron chi connectivity index (χ2n) is 7.08. The first-order chi connectivity index (χ1) is 14.7. The van der Waals surface area contributed by atoms with E-state index in [1.807, 2.05) is 24.3 Å². The molecule has 5 rings (SSSR count). The first kappa shape index (κ1) is 18.2. The summed E-state index contributed by atoms with van der Waals surface area (Å²) in [4.78, 5) is 35.8. The van der Waals surface area contributed by atoms with Crippen molar-refractivity contribution in [3.8, 4) is 17.0 Å². The van der Waals surface area contributed by atoms with Crippen LogP contribution in [-0.2, 0) is 0 Å². The van der Waals surface area contributed by atoms with Gasteiger partial charge in [-0.1, -0.05) is 0 Å². The molecule has 0 radical (unpaired) electrons. The second-order valence-corrected chi connectivity index (χ2v) is 7.08. The van der Waals surface area contributed by atoms with E-state index in [9.17, 15) is 4.79 Å². The fraction of sp³-hybridized carbons (Fsp3) is 0.238. The zero-order valence-corrected chi connectivity index (χ0v) is 16.5. The van der Waals surface area contributed by atoms with Crippen molar-refractivity contribution in [3.05, 3.63) is 59.4 Å². The molecule has 0 bridgehead atoms. The Morgan fingerprint density at radius 2 is 1.80 bits per heavy atom. The predicted octanol–water partition coefficient (Wildman–Crippen LogP) is 2.04. The normalized spacial score (nSPS) is 14.3. The van der Waals surface area contributed by atoms with Crippen LogP contribution < -0.4 is 20.1 Å². The number of rotatable bonds is 4. The summed E-state index contributed by atoms with van der Waals surface area (Å²) in [6.45, 7) is 3.05. The van der Waals surface area contributed by atoms with Gasteiger partial charge in [0.2, 0.25) is 5.95 Å². The van der Waals surface area contributed by atoms with Gasteiger partial charge in [-0.3, -0.25) is 14.8 Å². The van der Waals surface area contributed by atoms with Gasteiger partial charge in [0.05, 0.1) is 24.8 Å². The van der Waals surface area contributed by atoms with Crippen LogP contribution in [0.3, 0.4) is 0 Å². The van der Waals surface area contributed by atoms with Crippen LogP contribution in [-0.4, -0.2) is 58.2 Å². The van der Waals surface area contributed by atoms with Gasteiger partial charge in [-0.05, 0) is 24.3 Å². The lowest BCUT2D eigenvalue weighted by Crippen LogP contribution is -2.47. The number of methoxy groups -OCH3 is 1. The molecule has 9 nitrogen and oxygen atoms in total. The van der Waals surface area contributed by atoms with Crippen LogP contribution in [0.1, 0.15) is 0 Å². The van der Waals surface area contributed by atoms with E-state index < -0.39 is 0 Å². The Kier molecular flexibility index (Phi) is 4.55. The van der Waals surface area contributed by atoms with E-state index in [1.54, 1.807) is 25.8 Å². The number of anilines is 2. The summed E-state index contributed by atoms with van der Waals surface area (Å²) in [5.41, 5.74) is 4.21. The van der Waals surface area contributed by atoms with E-state index in [4.69, 9.17) is 4.74 Å². The van der Waals surface area contributed by atoms with Gasteiger partial charge in [-0.2, -0.15) is 0 Å². The van der Waals surface area contributed by atoms with Crippen molar-refractivity contribution in [2.75, 3.05) is 43.1 Å². The predicted molar refractivity (Wildman–Crippen MR) is 115 cm³/mol. The molecule has 1 aromatic carbocycles. The number of H-pyrrole nitrogens is 2. The maximum absolute atomic E-state index is 12.2. The van der Waals surface area contributed by atoms with Crippen LogP contribution >= 0.6 is 0 Å². The first-order valence-electron chi connectivity index (χ1n) is 9.74. The highest BCUT2D eigenvalue weighted by atomic mass is 16.5. The van der Waals surface area contributed by atoms with E-state index in [-0.39, 0.29) is 5.56 Å². The third-order valence-electron chi connectivity index (χ3n) is 5.37. The monoisotopic (exact) mass is 403 g/mol. The molecule has 1 saturated heterocycles. The smallest absolute Gasteiger partial charge is 0.252 e. The number of aromatic nitrogens is 5. The molecule has 0 unspecified atom stereocenters. The molecule has 0 atom stereocenters. The van der Waals surface area contributed by atoms with Crippen molar-refractivity contribution in [1.29, 1.82) is 0 Å². The number of hydrogen-bond donors (Lipinski definition) is 2. The molecule has 0 aliphatic carbocycles. The average Bonchev–Trinajstić information content (AvgIpc) is 3.29. The van der Waals surface area contributed by atoms with Gasteiger partial charge in [-0.15, -0.1) is 0 Å². The maximum atomic E-state index is 12.2. The molecule has 4 heterocycles. The van der Waals surface area contributed by atoms with Crippen LogP contribution in [0, 0.1) is 0 Å². The number of fused-ring (bicyclic) bond motifs is 1. The summed E-state index contributed by atoms with van der Waals surface area (Å²) < 4.78 is 5.42. The second kappa shape index (κ2) is 7.51. The van der Waals surface area contributed by atoms with Gasteiger partial charge in [-0.25, -0.2) is 9.97 Å². The third-order valence-corrected chi connectivity index (χ3v) is 5.37. The fourth-order valence-corrected chi connectivity index (χ4v) is 3.84. The highest BCUT2D eigenvalue weighted by Crippen LogP contribution is 2.32. The number of benzene rings is 1. The Morgan fingerprint density at radius 1 is 1.03 bits per heavy atom. The van der Waals surface area contributed by atoms with Crippen molar-refractivity contribution in [3.63, 3.8) is 0 Å². The minimum absolute atomic E-state index is 0.164. The zero-order chi connectivity index (χ0) is 20.5. The summed E-state index contributed by atoms with van der Waals surface area (Å²) in [5.74, 6) is 1.37. The van der Waals surface area contributed by atoms with E-state index >= 15 is 0 Å². The lowest BCUT2D eigenvalue weighted by molar-refractivity contribution is 0.419. The Morgan fingerprint density at radius 3 is 2.57 bits per heavy atom. The van der Waals surface area contributed by atoms with E-state index in [0.717, 1.165) is 54.2 Å². The third kappa shape index (κ3) is 3.24. The minimum Gasteiger partial charge on any atom is -0.494 e. The van der Waals surface area contributed by atoms with Gasteiger partial charge in [0.15, 0.2) is 0 Å². The Bertz CT molecular complexity index is 1230. The van der Waals surface area contributed by atoms with Crippen molar-refractivity contribution < 1.29 is 4.74 Å². The topological polar surface area (TPSA) is 103 Å². The number of nitrogens with one attached hydrogen (secondary N) is 2. The van der Waals surface area contributed by atoms with Crippen molar-refractivity contribution >= 4 is 22.7 Å². The van der Waals surface area contributed by atoms with Crippen LogP contribution in [0.25, 0.3) is 22.3 Å². The molecule has 1 aliphatic rings. The van der Waals surface area contributed by atoms with Crippen molar-refractivity contribution in [1.82, 2.24) is 24.9 Å². The number of nitrogens with zero attached hydrogens (tertiary/aromatic N) is 5. The van der Waals surface area contributed by atoms with E-state index in [0.29, 0.717) is 11.6 Å². The number of ether oxygens (including phenoxy) is 1. The van der Waals surface area contributed by atoms with Gasteiger partial charge < -0.3 is 19.5 Å². The lowest BCUT2D eigenvalue weighted by atomic mass is 10.2. The molecular formula is C21H21N7O2. The van der Waals surface area contributed by atoms with Crippen LogP contribution in [0.4, 0.5) is 11.6 Å². The minimum atomic E-state index is -0.164. The summed E-state index contributed by atoms with van der Waals surface area (Å²) in [6, 6.07) is 9.21. The lowest BCUT2D eigenvalue weighted by Gasteiger charge is -2.36. The quantitative estimate of drug-likeness (QED) is 0.537. The Balaban J connectivity index is 1.38. The molecule has 0 saturated carbocycles. The summed E-state index contributed by atoms with van der Waals surface area (Å²) >= 11 is 0. The molecular weight excluding hydrogens is 382 g/mol. The standard InChI is InChI=1S/C21H21N7O2/c1-30-17-3-2-16(19-20(17)24-13-23-19)27-8-10-28(11-9-27)21-25-15(12-18(29)26-21)14-4-6-22-7-5-14/h2-7,12-13H,8-11H2,1H3,(H,23,24)(H,25,26,29). The van der Waals surface area contributed by atoms with Crippen LogP contribution in [0.2, 0.25) is 0 Å². The van der Waals surface area contributed by atoms with E-state index in [2.05, 4.69) is 34.7 Å². The molecule has 1 fully saturated rings. The van der Waals surface area contributed by atoms with Crippen molar-refractivity contribution in [2.24, 2.45) is 0 Å². The Hall–Kier alpha value is -3.88. The number of pyridine rings is 1. The van der Waals surface area contributed by atoms with Gasteiger partial charge >= 0.3 is 0 Å². The molecule has 0 amide bonds. The van der Waals surface area contributed by atoms with Gasteiger partial charge in [0.1, 0.15) is 16.8 Å². The molecule has 2 N–H and O–H groups in total. The van der Waals surface area contributed by atoms with Gasteiger partial charge in [0, 0.05) is 50.2 Å². The molecule has 4 aromatic rings. The molecule has 0 spiro atoms. The van der Waals surface area contributed by atoms with Crippen LogP contribution in [0.15, 0.2) is 53.8 Å². The summed E-state index contributed by atoms with van der Waals surface area (Å²) in [7, 11) is 1.65. The maximum Gasteiger partial charge on any atom is 0.252 e. The highest BCUT2D eigenvalue weighted by molar-refractivity contribution is 5.92. The first-order valence-corrected chi connectivity index (χ1v) is 9.74. The zero-order valence-electron chi connectivity index (χ0n) is 16.5. The van der Waals surface area contributed by atoms with E-state index in [1.165, 1.54) is 6.07 Å². The fourth-order valence-electron chi connectivity index (χ4n) is 3.84. The molecule has 9 heteroatoms. The number of imidazole rings is 1. The Labute approximate surface area is 172 Å². The average molecular weight is 403 g/mol. The summed E-state index contributed by atoms with van der Waals surface area (Å²) in [5, 5.41) is 0. The largest absolute Gasteiger partial charge is 0.494 e. The molecule has 30 heavy (non-hydrogen) atoms. The van der Waals surface area contributed by atoms with Crippen LogP contribution in [0.5, 0.6) is 5.75 Å². The molecule has 152 valence electrons. The highest BCUT2D eigenvalue weighted by Gasteiger charge is 2.22. The number of piperazine rings is 1.